The number of rotatable bonds is 7. The zero-order valence-electron chi connectivity index (χ0n) is 13.9. The van der Waals surface area contributed by atoms with Crippen molar-refractivity contribution in [2.75, 3.05) is 6.61 Å². The maximum Gasteiger partial charge on any atom is 0.137 e. The minimum absolute atomic E-state index is 0.116. The molecule has 0 amide bonds. The van der Waals surface area contributed by atoms with Crippen LogP contribution in [-0.4, -0.2) is 32.1 Å². The molecule has 0 bridgehead atoms. The van der Waals surface area contributed by atoms with Crippen molar-refractivity contribution in [1.82, 2.24) is 14.8 Å². The highest BCUT2D eigenvalue weighted by molar-refractivity contribution is 14.2. The van der Waals surface area contributed by atoms with E-state index in [2.05, 4.69) is 38.2 Å². The van der Waals surface area contributed by atoms with Crippen LogP contribution in [0.3, 0.4) is 0 Å². The van der Waals surface area contributed by atoms with E-state index in [1.54, 1.807) is 11.0 Å². The Bertz CT molecular complexity index is 688. The molecule has 1 aliphatic carbocycles. The van der Waals surface area contributed by atoms with Gasteiger partial charge in [0.15, 0.2) is 0 Å². The van der Waals surface area contributed by atoms with Gasteiger partial charge in [-0.25, -0.2) is 4.98 Å². The van der Waals surface area contributed by atoms with Crippen LogP contribution in [0.15, 0.2) is 36.9 Å². The van der Waals surface area contributed by atoms with Crippen molar-refractivity contribution in [3.8, 4) is 0 Å². The van der Waals surface area contributed by atoms with Gasteiger partial charge >= 0.3 is 0 Å². The summed E-state index contributed by atoms with van der Waals surface area (Å²) >= 11 is 8.11. The fourth-order valence-electron chi connectivity index (χ4n) is 3.85. The van der Waals surface area contributed by atoms with Crippen molar-refractivity contribution in [1.29, 1.82) is 0 Å². The summed E-state index contributed by atoms with van der Waals surface area (Å²) < 4.78 is 7.35. The molecular weight excluding hydrogens is 473 g/mol. The van der Waals surface area contributed by atoms with Gasteiger partial charge in [0.2, 0.25) is 0 Å². The Morgan fingerprint density at radius 1 is 1.44 bits per heavy atom. The Labute approximate surface area is 169 Å². The molecule has 1 N–H and O–H groups in total. The van der Waals surface area contributed by atoms with E-state index in [-0.39, 0.29) is 11.3 Å². The van der Waals surface area contributed by atoms with E-state index >= 15 is 0 Å². The third kappa shape index (κ3) is 4.16. The lowest BCUT2D eigenvalue weighted by atomic mass is 9.71. The van der Waals surface area contributed by atoms with Crippen LogP contribution >= 0.6 is 42.0 Å². The largest absolute Gasteiger partial charge is 0.387 e. The minimum atomic E-state index is -0.924. The van der Waals surface area contributed by atoms with Crippen LogP contribution in [0.4, 0.5) is 0 Å². The molecule has 0 saturated heterocycles. The summed E-state index contributed by atoms with van der Waals surface area (Å²) in [5.41, 5.74) is -0.0826. The van der Waals surface area contributed by atoms with Gasteiger partial charge in [0.1, 0.15) is 12.7 Å². The first kappa shape index (κ1) is 19.4. The number of hydrogen-bond acceptors (Lipinski definition) is 5. The van der Waals surface area contributed by atoms with Crippen LogP contribution in [0.5, 0.6) is 0 Å². The van der Waals surface area contributed by atoms with Crippen LogP contribution in [-0.2, 0) is 17.1 Å². The van der Waals surface area contributed by atoms with E-state index in [9.17, 15) is 5.11 Å². The molecule has 1 aromatic heterocycles. The lowest BCUT2D eigenvalue weighted by molar-refractivity contribution is -0.111. The van der Waals surface area contributed by atoms with E-state index in [0.29, 0.717) is 13.2 Å². The van der Waals surface area contributed by atoms with E-state index < -0.39 is 5.60 Å². The Hall–Kier alpha value is -0.350. The lowest BCUT2D eigenvalue weighted by Gasteiger charge is -2.42. The first-order chi connectivity index (χ1) is 12.0. The molecule has 3 atom stereocenters. The number of aromatic nitrogens is 3. The summed E-state index contributed by atoms with van der Waals surface area (Å²) in [6, 6.07) is 7.87. The normalized spacial score (nSPS) is 29.2. The number of halogens is 2. The second-order valence-electron chi connectivity index (χ2n) is 6.97. The van der Waals surface area contributed by atoms with Gasteiger partial charge in [-0.15, -0.1) is 0 Å². The van der Waals surface area contributed by atoms with Crippen LogP contribution in [0, 0.1) is 11.3 Å². The number of aliphatic hydroxyl groups is 1. The van der Waals surface area contributed by atoms with Crippen LogP contribution < -0.4 is 0 Å². The average Bonchev–Trinajstić information content (AvgIpc) is 3.18. The molecule has 0 aliphatic heterocycles. The maximum atomic E-state index is 11.8. The molecule has 0 radical (unpaired) electrons. The number of benzene rings is 1. The molecule has 25 heavy (non-hydrogen) atoms. The average molecular weight is 494 g/mol. The topological polar surface area (TPSA) is 60.2 Å². The predicted octanol–water partition coefficient (Wildman–Crippen LogP) is 4.34. The molecular formula is C17H21ClIN3O2S. The van der Waals surface area contributed by atoms with Crippen molar-refractivity contribution in [3.63, 3.8) is 0 Å². The summed E-state index contributed by atoms with van der Waals surface area (Å²) in [7, 11) is 1.31. The second kappa shape index (κ2) is 8.12. The number of nitrogens with zero attached hydrogens (tertiary/aromatic N) is 3. The molecule has 5 nitrogen and oxygen atoms in total. The zero-order chi connectivity index (χ0) is 17.9. The van der Waals surface area contributed by atoms with Gasteiger partial charge in [0.25, 0.3) is 0 Å². The van der Waals surface area contributed by atoms with Gasteiger partial charge in [-0.2, -0.15) is 5.10 Å². The molecule has 1 aromatic carbocycles. The molecule has 1 saturated carbocycles. The molecule has 136 valence electrons. The Morgan fingerprint density at radius 2 is 2.20 bits per heavy atom. The first-order valence-electron chi connectivity index (χ1n) is 8.16. The third-order valence-corrected chi connectivity index (χ3v) is 6.67. The van der Waals surface area contributed by atoms with Gasteiger partial charge in [-0.1, -0.05) is 30.7 Å². The summed E-state index contributed by atoms with van der Waals surface area (Å²) in [4.78, 5) is 4.01. The van der Waals surface area contributed by atoms with Crippen molar-refractivity contribution in [2.24, 2.45) is 11.3 Å². The van der Waals surface area contributed by atoms with Gasteiger partial charge in [-0.3, -0.25) is 4.68 Å². The van der Waals surface area contributed by atoms with E-state index in [1.165, 1.54) is 21.1 Å². The van der Waals surface area contributed by atoms with Crippen molar-refractivity contribution in [3.05, 3.63) is 47.5 Å². The highest BCUT2D eigenvalue weighted by Gasteiger charge is 2.57. The minimum Gasteiger partial charge on any atom is -0.387 e. The summed E-state index contributed by atoms with van der Waals surface area (Å²) in [5, 5.41) is 16.7. The summed E-state index contributed by atoms with van der Waals surface area (Å²) in [6.07, 6.45) is 5.81. The van der Waals surface area contributed by atoms with Gasteiger partial charge < -0.3 is 9.29 Å². The second-order valence-corrected chi connectivity index (χ2v) is 8.85. The van der Waals surface area contributed by atoms with Gasteiger partial charge in [-0.05, 0) is 42.9 Å². The highest BCUT2D eigenvalue weighted by atomic mass is 127. The fourth-order valence-corrected chi connectivity index (χ4v) is 4.66. The Balaban J connectivity index is 1.86. The SMILES string of the molecule is CC1(COSI)CCC(Cc2ccc(Cl)cc2)C1(O)Cn1cncn1. The fraction of sp³-hybridized carbons (Fsp3) is 0.529. The summed E-state index contributed by atoms with van der Waals surface area (Å²) in [5.74, 6) is 0.116. The van der Waals surface area contributed by atoms with E-state index in [1.807, 2.05) is 24.3 Å². The van der Waals surface area contributed by atoms with Gasteiger partial charge in [0, 0.05) is 31.6 Å². The van der Waals surface area contributed by atoms with E-state index in [4.69, 9.17) is 15.8 Å². The monoisotopic (exact) mass is 493 g/mol. The van der Waals surface area contributed by atoms with E-state index in [0.717, 1.165) is 24.3 Å². The molecule has 1 heterocycles. The maximum absolute atomic E-state index is 11.8. The molecule has 1 aliphatic rings. The Morgan fingerprint density at radius 3 is 2.84 bits per heavy atom. The first-order valence-corrected chi connectivity index (χ1v) is 11.8. The number of hydrogen-bond donors (Lipinski definition) is 1. The standard InChI is InChI=1S/C17H21ClIN3O2S/c1-16(10-24-25-19)7-6-14(8-13-2-4-15(18)5-3-13)17(16,23)9-22-12-20-11-21-22/h2-5,11-12,14,23H,6-10H2,1H3. The molecule has 1 fully saturated rings. The van der Waals surface area contributed by atoms with Crippen LogP contribution in [0.25, 0.3) is 0 Å². The quantitative estimate of drug-likeness (QED) is 0.459. The van der Waals surface area contributed by atoms with Crippen molar-refractivity contribution in [2.45, 2.75) is 38.3 Å². The summed E-state index contributed by atoms with van der Waals surface area (Å²) in [6.45, 7) is 3.03. The third-order valence-electron chi connectivity index (χ3n) is 5.45. The predicted molar refractivity (Wildman–Crippen MR) is 109 cm³/mol. The highest BCUT2D eigenvalue weighted by Crippen LogP contribution is 2.52. The van der Waals surface area contributed by atoms with Crippen molar-refractivity contribution >= 4 is 42.0 Å². The molecule has 3 unspecified atom stereocenters. The molecule has 2 aromatic rings. The Kier molecular flexibility index (Phi) is 6.31. The zero-order valence-corrected chi connectivity index (χ0v) is 17.7. The molecule has 0 spiro atoms. The van der Waals surface area contributed by atoms with Crippen molar-refractivity contribution < 1.29 is 9.29 Å². The molecule has 3 rings (SSSR count). The van der Waals surface area contributed by atoms with Crippen LogP contribution in [0.1, 0.15) is 25.3 Å². The van der Waals surface area contributed by atoms with Crippen LogP contribution in [0.2, 0.25) is 5.02 Å². The smallest absolute Gasteiger partial charge is 0.137 e. The van der Waals surface area contributed by atoms with Gasteiger partial charge in [0.05, 0.1) is 28.0 Å². The molecule has 8 heteroatoms. The lowest BCUT2D eigenvalue weighted by Crippen LogP contribution is -2.52.